The van der Waals surface area contributed by atoms with Crippen LogP contribution in [0.2, 0.25) is 5.02 Å². The van der Waals surface area contributed by atoms with Gasteiger partial charge in [0.2, 0.25) is 5.12 Å². The fourth-order valence-electron chi connectivity index (χ4n) is 1.30. The van der Waals surface area contributed by atoms with E-state index in [1.54, 1.807) is 24.3 Å². The predicted molar refractivity (Wildman–Crippen MR) is 82.1 cm³/mol. The zero-order valence-electron chi connectivity index (χ0n) is 9.43. The second kappa shape index (κ2) is 6.27. The van der Waals surface area contributed by atoms with Gasteiger partial charge in [-0.3, -0.25) is 4.79 Å². The third-order valence-corrected chi connectivity index (χ3v) is 4.36. The number of hydrogen-bond acceptors (Lipinski definition) is 4. The monoisotopic (exact) mass is 295 g/mol. The molecule has 0 radical (unpaired) electrons. The Morgan fingerprint density at radius 1 is 1.39 bits per heavy atom. The summed E-state index contributed by atoms with van der Waals surface area (Å²) in [4.78, 5) is 16.0. The molecular formula is C13H10ClNOS2. The molecule has 2 rings (SSSR count). The van der Waals surface area contributed by atoms with Crippen molar-refractivity contribution in [3.05, 3.63) is 53.2 Å². The van der Waals surface area contributed by atoms with Crippen LogP contribution in [0.15, 0.2) is 47.6 Å². The first-order chi connectivity index (χ1) is 8.69. The molecule has 92 valence electrons. The average molecular weight is 296 g/mol. The molecular weight excluding hydrogens is 286 g/mol. The molecule has 1 aromatic carbocycles. The largest absolute Gasteiger partial charge is 0.279 e. The van der Waals surface area contributed by atoms with Crippen LogP contribution in [0.1, 0.15) is 5.56 Å². The lowest BCUT2D eigenvalue weighted by Crippen LogP contribution is -1.87. The quantitative estimate of drug-likeness (QED) is 0.617. The summed E-state index contributed by atoms with van der Waals surface area (Å²) in [5.41, 5.74) is 1.40. The third kappa shape index (κ3) is 3.51. The minimum absolute atomic E-state index is 0.0171. The molecule has 0 aromatic heterocycles. The highest BCUT2D eigenvalue weighted by atomic mass is 35.5. The van der Waals surface area contributed by atoms with Gasteiger partial charge in [-0.2, -0.15) is 0 Å². The van der Waals surface area contributed by atoms with Crippen LogP contribution in [-0.4, -0.2) is 15.2 Å². The first kappa shape index (κ1) is 13.5. The molecule has 0 amide bonds. The van der Waals surface area contributed by atoms with Gasteiger partial charge in [0.05, 0.1) is 0 Å². The summed E-state index contributed by atoms with van der Waals surface area (Å²) in [6, 6.07) is 7.30. The Balaban J connectivity index is 2.17. The number of thioether (sulfide) groups is 2. The fraction of sp³-hybridized carbons (Fsp3) is 0.0769. The molecule has 1 heterocycles. The van der Waals surface area contributed by atoms with Crippen molar-refractivity contribution in [2.45, 2.75) is 0 Å². The zero-order chi connectivity index (χ0) is 13.0. The number of hydrogen-bond donors (Lipinski definition) is 0. The van der Waals surface area contributed by atoms with Crippen molar-refractivity contribution in [3.8, 4) is 0 Å². The zero-order valence-corrected chi connectivity index (χ0v) is 11.8. The van der Waals surface area contributed by atoms with Crippen molar-refractivity contribution in [1.29, 1.82) is 0 Å². The second-order valence-corrected chi connectivity index (χ2v) is 6.11. The molecule has 1 aliphatic rings. The van der Waals surface area contributed by atoms with Crippen LogP contribution in [-0.2, 0) is 4.79 Å². The topological polar surface area (TPSA) is 29.4 Å². The van der Waals surface area contributed by atoms with Crippen LogP contribution in [0.5, 0.6) is 0 Å². The maximum atomic E-state index is 11.7. The minimum Gasteiger partial charge on any atom is -0.279 e. The van der Waals surface area contributed by atoms with Gasteiger partial charge < -0.3 is 0 Å². The highest BCUT2D eigenvalue weighted by molar-refractivity contribution is 8.45. The van der Waals surface area contributed by atoms with Crippen molar-refractivity contribution in [2.24, 2.45) is 4.99 Å². The van der Waals surface area contributed by atoms with Crippen molar-refractivity contribution in [2.75, 3.05) is 5.75 Å². The minimum atomic E-state index is -0.0171. The highest BCUT2D eigenvalue weighted by Crippen LogP contribution is 2.31. The smallest absolute Gasteiger partial charge is 0.244 e. The van der Waals surface area contributed by atoms with E-state index in [0.717, 1.165) is 15.7 Å². The van der Waals surface area contributed by atoms with Gasteiger partial charge >= 0.3 is 0 Å². The maximum absolute atomic E-state index is 11.7. The first-order valence-electron chi connectivity index (χ1n) is 5.21. The van der Waals surface area contributed by atoms with Gasteiger partial charge in [-0.05, 0) is 35.5 Å². The average Bonchev–Trinajstić information content (AvgIpc) is 2.70. The Labute approximate surface area is 119 Å². The van der Waals surface area contributed by atoms with Gasteiger partial charge in [-0.15, -0.1) is 6.58 Å². The van der Waals surface area contributed by atoms with Crippen molar-refractivity contribution in [1.82, 2.24) is 0 Å². The molecule has 0 bridgehead atoms. The van der Waals surface area contributed by atoms with Crippen LogP contribution in [0.4, 0.5) is 0 Å². The fourth-order valence-corrected chi connectivity index (χ4v) is 3.03. The molecule has 1 aromatic rings. The second-order valence-electron chi connectivity index (χ2n) is 3.45. The van der Waals surface area contributed by atoms with E-state index < -0.39 is 0 Å². The van der Waals surface area contributed by atoms with E-state index in [0.29, 0.717) is 10.7 Å². The van der Waals surface area contributed by atoms with Gasteiger partial charge in [-0.25, -0.2) is 4.99 Å². The van der Waals surface area contributed by atoms with Crippen LogP contribution in [0, 0.1) is 0 Å². The van der Waals surface area contributed by atoms with Crippen molar-refractivity contribution >= 4 is 50.7 Å². The van der Waals surface area contributed by atoms with Gasteiger partial charge in [-0.1, -0.05) is 41.6 Å². The van der Waals surface area contributed by atoms with E-state index in [-0.39, 0.29) is 5.12 Å². The van der Waals surface area contributed by atoms with E-state index >= 15 is 0 Å². The summed E-state index contributed by atoms with van der Waals surface area (Å²) in [6.07, 6.45) is 3.56. The van der Waals surface area contributed by atoms with Crippen LogP contribution in [0.3, 0.4) is 0 Å². The lowest BCUT2D eigenvalue weighted by atomic mass is 10.2. The Bertz CT molecular complexity index is 534. The predicted octanol–water partition coefficient (Wildman–Crippen LogP) is 4.23. The molecule has 0 spiro atoms. The number of aliphatic imine (C=N–C) groups is 1. The maximum Gasteiger partial charge on any atom is 0.244 e. The normalized spacial score (nSPS) is 17.1. The Kier molecular flexibility index (Phi) is 4.69. The number of benzene rings is 1. The molecule has 18 heavy (non-hydrogen) atoms. The number of carbonyl (C=O) groups is 1. The third-order valence-electron chi connectivity index (χ3n) is 2.10. The summed E-state index contributed by atoms with van der Waals surface area (Å²) < 4.78 is 0.778. The molecule has 0 unspecified atom stereocenters. The van der Waals surface area contributed by atoms with Gasteiger partial charge in [0.1, 0.15) is 10.1 Å². The SMILES string of the molecule is C=CCSC1=N/C(=C/c2ccc(Cl)cc2)C(=O)S1. The molecule has 0 saturated carbocycles. The van der Waals surface area contributed by atoms with Gasteiger partial charge in [0, 0.05) is 10.8 Å². The summed E-state index contributed by atoms with van der Waals surface area (Å²) in [6.45, 7) is 3.64. The van der Waals surface area contributed by atoms with E-state index in [9.17, 15) is 4.79 Å². The molecule has 5 heteroatoms. The Morgan fingerprint density at radius 2 is 2.11 bits per heavy atom. The molecule has 0 fully saturated rings. The van der Waals surface area contributed by atoms with E-state index in [1.165, 1.54) is 23.5 Å². The summed E-state index contributed by atoms with van der Waals surface area (Å²) in [5, 5.41) is 0.659. The molecule has 2 nitrogen and oxygen atoms in total. The van der Waals surface area contributed by atoms with E-state index in [2.05, 4.69) is 11.6 Å². The van der Waals surface area contributed by atoms with Crippen LogP contribution < -0.4 is 0 Å². The van der Waals surface area contributed by atoms with E-state index in [1.807, 2.05) is 12.1 Å². The van der Waals surface area contributed by atoms with E-state index in [4.69, 9.17) is 11.6 Å². The molecule has 1 aliphatic heterocycles. The standard InChI is InChI=1S/C13H10ClNOS2/c1-2-7-17-13-15-11(12(16)18-13)8-9-3-5-10(14)6-4-9/h2-6,8H,1,7H2/b11-8+. The summed E-state index contributed by atoms with van der Waals surface area (Å²) in [5.74, 6) is 0.757. The van der Waals surface area contributed by atoms with Crippen molar-refractivity contribution < 1.29 is 4.79 Å². The van der Waals surface area contributed by atoms with Gasteiger partial charge in [0.25, 0.3) is 0 Å². The summed E-state index contributed by atoms with van der Waals surface area (Å²) >= 11 is 8.49. The first-order valence-corrected chi connectivity index (χ1v) is 7.39. The lowest BCUT2D eigenvalue weighted by molar-refractivity contribution is -0.107. The number of nitrogens with zero attached hydrogens (tertiary/aromatic N) is 1. The molecule has 0 aliphatic carbocycles. The van der Waals surface area contributed by atoms with Crippen LogP contribution >= 0.6 is 35.1 Å². The molecule has 0 N–H and O–H groups in total. The number of halogens is 1. The Hall–Kier alpha value is -0.970. The molecule has 0 atom stereocenters. The lowest BCUT2D eigenvalue weighted by Gasteiger charge is -1.94. The highest BCUT2D eigenvalue weighted by Gasteiger charge is 2.21. The van der Waals surface area contributed by atoms with Crippen LogP contribution in [0.25, 0.3) is 6.08 Å². The molecule has 0 saturated heterocycles. The van der Waals surface area contributed by atoms with Crippen molar-refractivity contribution in [3.63, 3.8) is 0 Å². The number of rotatable bonds is 3. The Morgan fingerprint density at radius 3 is 2.78 bits per heavy atom. The summed E-state index contributed by atoms with van der Waals surface area (Å²) in [7, 11) is 0. The van der Waals surface area contributed by atoms with Gasteiger partial charge in [0.15, 0.2) is 0 Å². The number of carbonyl (C=O) groups excluding carboxylic acids is 1.